The normalized spacial score (nSPS) is 44.7. The molecule has 2 atom stereocenters. The van der Waals surface area contributed by atoms with Gasteiger partial charge in [0.25, 0.3) is 0 Å². The van der Waals surface area contributed by atoms with Crippen LogP contribution in [0.5, 0.6) is 0 Å². The lowest BCUT2D eigenvalue weighted by atomic mass is 9.89. The van der Waals surface area contributed by atoms with E-state index in [9.17, 15) is 0 Å². The average Bonchev–Trinajstić information content (AvgIpc) is 1.87. The predicted molar refractivity (Wildman–Crippen MR) is 35.7 cm³/mol. The molecule has 52 valence electrons. The van der Waals surface area contributed by atoms with Gasteiger partial charge < -0.3 is 0 Å². The van der Waals surface area contributed by atoms with E-state index in [1.54, 1.807) is 0 Å². The quantitative estimate of drug-likeness (QED) is 0.434. The maximum Gasteiger partial charge on any atom is 0.0286 e. The summed E-state index contributed by atoms with van der Waals surface area (Å²) in [6.07, 6.45) is 1.37. The molecule has 3 aliphatic heterocycles. The molecule has 9 heavy (non-hydrogen) atoms. The zero-order valence-corrected chi connectivity index (χ0v) is 5.75. The molecule has 3 rings (SSSR count). The third kappa shape index (κ3) is 0.689. The number of fused-ring (bicyclic) bond motifs is 2. The number of hydrazine groups is 1. The van der Waals surface area contributed by atoms with Gasteiger partial charge >= 0.3 is 0 Å². The van der Waals surface area contributed by atoms with E-state index in [4.69, 9.17) is 5.84 Å². The van der Waals surface area contributed by atoms with Gasteiger partial charge in [0.2, 0.25) is 0 Å². The molecular formula is C6H13N3. The molecule has 2 bridgehead atoms. The van der Waals surface area contributed by atoms with Gasteiger partial charge in [0, 0.05) is 25.2 Å². The SMILES string of the molecule is CN1C2CC1CN(N)C2. The number of piperazine rings is 1. The molecule has 3 heteroatoms. The van der Waals surface area contributed by atoms with Crippen LogP contribution in [0.1, 0.15) is 6.42 Å². The van der Waals surface area contributed by atoms with Crippen molar-refractivity contribution in [3.8, 4) is 0 Å². The minimum atomic E-state index is 0.758. The molecule has 0 aromatic rings. The van der Waals surface area contributed by atoms with Crippen molar-refractivity contribution >= 4 is 0 Å². The first-order valence-electron chi connectivity index (χ1n) is 3.49. The lowest BCUT2D eigenvalue weighted by Gasteiger charge is -2.53. The molecule has 0 aliphatic carbocycles. The molecular weight excluding hydrogens is 114 g/mol. The Balaban J connectivity index is 2.01. The van der Waals surface area contributed by atoms with E-state index in [1.807, 2.05) is 5.01 Å². The Kier molecular flexibility index (Phi) is 1.06. The van der Waals surface area contributed by atoms with Gasteiger partial charge in [-0.2, -0.15) is 0 Å². The van der Waals surface area contributed by atoms with Gasteiger partial charge in [0.15, 0.2) is 0 Å². The van der Waals surface area contributed by atoms with E-state index < -0.39 is 0 Å². The zero-order valence-electron chi connectivity index (χ0n) is 5.75. The van der Waals surface area contributed by atoms with Crippen LogP contribution < -0.4 is 5.84 Å². The van der Waals surface area contributed by atoms with Crippen molar-refractivity contribution in [2.24, 2.45) is 5.84 Å². The van der Waals surface area contributed by atoms with E-state index in [0.717, 1.165) is 25.2 Å². The molecule has 2 N–H and O–H groups in total. The van der Waals surface area contributed by atoms with Gasteiger partial charge in [-0.15, -0.1) is 0 Å². The lowest BCUT2D eigenvalue weighted by Crippen LogP contribution is -2.68. The maximum absolute atomic E-state index is 5.62. The Labute approximate surface area is 55.4 Å². The van der Waals surface area contributed by atoms with Crippen molar-refractivity contribution in [3.05, 3.63) is 0 Å². The second-order valence-electron chi connectivity index (χ2n) is 3.16. The summed E-state index contributed by atoms with van der Waals surface area (Å²) in [5.74, 6) is 5.62. The van der Waals surface area contributed by atoms with Gasteiger partial charge in [-0.25, -0.2) is 5.01 Å². The van der Waals surface area contributed by atoms with Crippen molar-refractivity contribution in [3.63, 3.8) is 0 Å². The zero-order chi connectivity index (χ0) is 6.43. The molecule has 0 aromatic heterocycles. The van der Waals surface area contributed by atoms with Crippen LogP contribution in [0.3, 0.4) is 0 Å². The Bertz CT molecular complexity index is 113. The van der Waals surface area contributed by atoms with Gasteiger partial charge in [0.05, 0.1) is 0 Å². The highest BCUT2D eigenvalue weighted by molar-refractivity contribution is 4.97. The molecule has 2 unspecified atom stereocenters. The lowest BCUT2D eigenvalue weighted by molar-refractivity contribution is -0.0507. The number of nitrogens with zero attached hydrogens (tertiary/aromatic N) is 2. The van der Waals surface area contributed by atoms with Crippen LogP contribution in [-0.2, 0) is 0 Å². The number of nitrogens with two attached hydrogens (primary N) is 1. The highest BCUT2D eigenvalue weighted by Gasteiger charge is 2.40. The topological polar surface area (TPSA) is 32.5 Å². The van der Waals surface area contributed by atoms with Crippen molar-refractivity contribution in [1.29, 1.82) is 0 Å². The minimum absolute atomic E-state index is 0.758. The second kappa shape index (κ2) is 1.68. The van der Waals surface area contributed by atoms with Crippen molar-refractivity contribution in [2.45, 2.75) is 18.5 Å². The summed E-state index contributed by atoms with van der Waals surface area (Å²) >= 11 is 0. The smallest absolute Gasteiger partial charge is 0.0286 e. The molecule has 3 heterocycles. The summed E-state index contributed by atoms with van der Waals surface area (Å²) in [4.78, 5) is 2.42. The molecule has 3 aliphatic rings. The standard InChI is InChI=1S/C6H13N3/c1-8-5-2-6(8)4-9(7)3-5/h5-6H,2-4,7H2,1H3. The van der Waals surface area contributed by atoms with Crippen molar-refractivity contribution in [1.82, 2.24) is 9.91 Å². The summed E-state index contributed by atoms with van der Waals surface area (Å²) in [6, 6.07) is 1.52. The predicted octanol–water partition coefficient (Wildman–Crippen LogP) is -0.752. The van der Waals surface area contributed by atoms with E-state index in [2.05, 4.69) is 11.9 Å². The van der Waals surface area contributed by atoms with Gasteiger partial charge in [0.1, 0.15) is 0 Å². The van der Waals surface area contributed by atoms with Crippen LogP contribution in [0, 0.1) is 0 Å². The van der Waals surface area contributed by atoms with E-state index >= 15 is 0 Å². The van der Waals surface area contributed by atoms with Crippen LogP contribution in [0.25, 0.3) is 0 Å². The number of rotatable bonds is 0. The first-order valence-corrected chi connectivity index (χ1v) is 3.49. The summed E-state index contributed by atoms with van der Waals surface area (Å²) in [5.41, 5.74) is 0. The van der Waals surface area contributed by atoms with Crippen LogP contribution in [0.15, 0.2) is 0 Å². The molecule has 0 amide bonds. The Hall–Kier alpha value is -0.120. The Morgan fingerprint density at radius 1 is 1.33 bits per heavy atom. The van der Waals surface area contributed by atoms with Crippen molar-refractivity contribution < 1.29 is 0 Å². The van der Waals surface area contributed by atoms with E-state index in [-0.39, 0.29) is 0 Å². The van der Waals surface area contributed by atoms with Crippen LogP contribution >= 0.6 is 0 Å². The minimum Gasteiger partial charge on any atom is -0.298 e. The largest absolute Gasteiger partial charge is 0.298 e. The summed E-state index contributed by atoms with van der Waals surface area (Å²) in [5, 5.41) is 1.93. The Morgan fingerprint density at radius 2 is 1.89 bits per heavy atom. The Morgan fingerprint density at radius 3 is 2.22 bits per heavy atom. The highest BCUT2D eigenvalue weighted by atomic mass is 15.5. The molecule has 0 spiro atoms. The molecule has 3 fully saturated rings. The molecule has 0 radical (unpaired) electrons. The van der Waals surface area contributed by atoms with Crippen LogP contribution in [0.2, 0.25) is 0 Å². The number of likely N-dealkylation sites (N-methyl/N-ethyl adjacent to an activating group) is 1. The van der Waals surface area contributed by atoms with Gasteiger partial charge in [-0.1, -0.05) is 0 Å². The summed E-state index contributed by atoms with van der Waals surface area (Å²) in [6.45, 7) is 2.12. The third-order valence-electron chi connectivity index (χ3n) is 2.59. The summed E-state index contributed by atoms with van der Waals surface area (Å²) in [7, 11) is 2.19. The second-order valence-corrected chi connectivity index (χ2v) is 3.16. The van der Waals surface area contributed by atoms with E-state index in [0.29, 0.717) is 0 Å². The first kappa shape index (κ1) is 5.65. The fraction of sp³-hybridized carbons (Fsp3) is 1.00. The molecule has 0 aromatic carbocycles. The van der Waals surface area contributed by atoms with E-state index in [1.165, 1.54) is 6.42 Å². The van der Waals surface area contributed by atoms with Crippen molar-refractivity contribution in [2.75, 3.05) is 20.1 Å². The maximum atomic E-state index is 5.62. The van der Waals surface area contributed by atoms with Crippen LogP contribution in [-0.4, -0.2) is 42.1 Å². The third-order valence-corrected chi connectivity index (χ3v) is 2.59. The summed E-state index contributed by atoms with van der Waals surface area (Å²) < 4.78 is 0. The average molecular weight is 127 g/mol. The first-order chi connectivity index (χ1) is 4.27. The highest BCUT2D eigenvalue weighted by Crippen LogP contribution is 2.28. The fourth-order valence-electron chi connectivity index (χ4n) is 1.83. The molecule has 0 saturated carbocycles. The molecule has 3 saturated heterocycles. The number of hydrogen-bond donors (Lipinski definition) is 1. The van der Waals surface area contributed by atoms with Crippen LogP contribution in [0.4, 0.5) is 0 Å². The fourth-order valence-corrected chi connectivity index (χ4v) is 1.83. The number of piperidine rings is 1. The number of hydrogen-bond acceptors (Lipinski definition) is 3. The van der Waals surface area contributed by atoms with Gasteiger partial charge in [-0.3, -0.25) is 10.7 Å². The molecule has 3 nitrogen and oxygen atoms in total. The monoisotopic (exact) mass is 127 g/mol. The van der Waals surface area contributed by atoms with Gasteiger partial charge in [-0.05, 0) is 13.5 Å².